The number of hydrogen-bond donors (Lipinski definition) is 1. The zero-order valence-corrected chi connectivity index (χ0v) is 10.4. The molecular formula is C10H7BrClN3O. The monoisotopic (exact) mass is 299 g/mol. The molecule has 0 bridgehead atoms. The van der Waals surface area contributed by atoms with Gasteiger partial charge in [0, 0.05) is 6.20 Å². The van der Waals surface area contributed by atoms with E-state index in [1.165, 1.54) is 0 Å². The first-order chi connectivity index (χ1) is 7.58. The molecule has 0 radical (unpaired) electrons. The molecule has 1 aromatic carbocycles. The van der Waals surface area contributed by atoms with Gasteiger partial charge in [0.05, 0.1) is 26.9 Å². The highest BCUT2D eigenvalue weighted by atomic mass is 79.9. The molecule has 0 atom stereocenters. The largest absolute Gasteiger partial charge is 0.366 e. The molecule has 4 nitrogen and oxygen atoms in total. The third kappa shape index (κ3) is 2.10. The molecule has 1 aromatic heterocycles. The molecule has 0 saturated carbocycles. The van der Waals surface area contributed by atoms with Crippen LogP contribution in [0.15, 0.2) is 35.1 Å². The van der Waals surface area contributed by atoms with Gasteiger partial charge in [-0.1, -0.05) is 11.6 Å². The Kier molecular flexibility index (Phi) is 2.98. The number of amides is 1. The van der Waals surface area contributed by atoms with Crippen molar-refractivity contribution in [2.45, 2.75) is 0 Å². The number of benzene rings is 1. The third-order valence-electron chi connectivity index (χ3n) is 2.03. The lowest BCUT2D eigenvalue weighted by molar-refractivity contribution is 0.100. The van der Waals surface area contributed by atoms with E-state index in [1.54, 1.807) is 35.3 Å². The van der Waals surface area contributed by atoms with E-state index in [2.05, 4.69) is 21.0 Å². The topological polar surface area (TPSA) is 60.9 Å². The number of halogens is 2. The van der Waals surface area contributed by atoms with Crippen LogP contribution in [-0.4, -0.2) is 15.7 Å². The summed E-state index contributed by atoms with van der Waals surface area (Å²) in [5.74, 6) is -0.543. The molecule has 1 amide bonds. The van der Waals surface area contributed by atoms with Crippen molar-refractivity contribution >= 4 is 33.4 Å². The maximum absolute atomic E-state index is 11.0. The minimum Gasteiger partial charge on any atom is -0.366 e. The van der Waals surface area contributed by atoms with Crippen LogP contribution in [0.25, 0.3) is 5.69 Å². The molecule has 0 saturated heterocycles. The number of nitrogens with zero attached hydrogens (tertiary/aromatic N) is 2. The Morgan fingerprint density at radius 2 is 2.25 bits per heavy atom. The molecule has 0 spiro atoms. The molecule has 0 aliphatic carbocycles. The standard InChI is InChI=1S/C10H7BrClN3O/c11-6-4-14-15(5-6)7-1-2-8(10(13)16)9(12)3-7/h1-5H,(H2,13,16). The zero-order chi connectivity index (χ0) is 11.7. The summed E-state index contributed by atoms with van der Waals surface area (Å²) in [6.45, 7) is 0. The van der Waals surface area contributed by atoms with E-state index < -0.39 is 5.91 Å². The van der Waals surface area contributed by atoms with Crippen LogP contribution in [0.2, 0.25) is 5.02 Å². The van der Waals surface area contributed by atoms with E-state index in [0.29, 0.717) is 10.6 Å². The van der Waals surface area contributed by atoms with Crippen LogP contribution in [-0.2, 0) is 0 Å². The van der Waals surface area contributed by atoms with E-state index in [4.69, 9.17) is 17.3 Å². The van der Waals surface area contributed by atoms with Gasteiger partial charge in [0.15, 0.2) is 0 Å². The summed E-state index contributed by atoms with van der Waals surface area (Å²) in [6, 6.07) is 4.95. The second-order valence-electron chi connectivity index (χ2n) is 3.13. The predicted molar refractivity (Wildman–Crippen MR) is 64.8 cm³/mol. The first-order valence-corrected chi connectivity index (χ1v) is 5.55. The molecular weight excluding hydrogens is 293 g/mol. The van der Waals surface area contributed by atoms with E-state index in [-0.39, 0.29) is 0 Å². The fourth-order valence-corrected chi connectivity index (χ4v) is 1.84. The quantitative estimate of drug-likeness (QED) is 0.925. The summed E-state index contributed by atoms with van der Waals surface area (Å²) < 4.78 is 2.50. The Labute approximate surface area is 105 Å². The van der Waals surface area contributed by atoms with Crippen LogP contribution >= 0.6 is 27.5 Å². The van der Waals surface area contributed by atoms with Gasteiger partial charge < -0.3 is 5.73 Å². The lowest BCUT2D eigenvalue weighted by atomic mass is 10.2. The van der Waals surface area contributed by atoms with Crippen LogP contribution in [0.1, 0.15) is 10.4 Å². The summed E-state index contributed by atoms with van der Waals surface area (Å²) >= 11 is 9.22. The van der Waals surface area contributed by atoms with Crippen molar-refractivity contribution in [1.29, 1.82) is 0 Å². The fraction of sp³-hybridized carbons (Fsp3) is 0. The van der Waals surface area contributed by atoms with Gasteiger partial charge in [0.2, 0.25) is 5.91 Å². The molecule has 2 rings (SSSR count). The van der Waals surface area contributed by atoms with E-state index in [1.807, 2.05) is 0 Å². The Balaban J connectivity index is 2.45. The normalized spacial score (nSPS) is 10.4. The zero-order valence-electron chi connectivity index (χ0n) is 8.02. The SMILES string of the molecule is NC(=O)c1ccc(-n2cc(Br)cn2)cc1Cl. The lowest BCUT2D eigenvalue weighted by Crippen LogP contribution is -2.11. The van der Waals surface area contributed by atoms with Crippen molar-refractivity contribution in [2.75, 3.05) is 0 Å². The Bertz CT molecular complexity index is 553. The molecule has 16 heavy (non-hydrogen) atoms. The summed E-state index contributed by atoms with van der Waals surface area (Å²) in [5, 5.41) is 4.41. The lowest BCUT2D eigenvalue weighted by Gasteiger charge is -2.04. The van der Waals surface area contributed by atoms with Gasteiger partial charge in [-0.3, -0.25) is 4.79 Å². The number of nitrogens with two attached hydrogens (primary N) is 1. The first-order valence-electron chi connectivity index (χ1n) is 4.38. The minimum absolute atomic E-state index is 0.302. The second kappa shape index (κ2) is 4.27. The average Bonchev–Trinajstić information content (AvgIpc) is 2.64. The fourth-order valence-electron chi connectivity index (χ4n) is 1.29. The maximum Gasteiger partial charge on any atom is 0.250 e. The van der Waals surface area contributed by atoms with E-state index in [0.717, 1.165) is 10.2 Å². The van der Waals surface area contributed by atoms with Gasteiger partial charge in [-0.25, -0.2) is 4.68 Å². The highest BCUT2D eigenvalue weighted by Gasteiger charge is 2.08. The smallest absolute Gasteiger partial charge is 0.250 e. The number of aromatic nitrogens is 2. The molecule has 0 aliphatic heterocycles. The number of carbonyl (C=O) groups is 1. The van der Waals surface area contributed by atoms with Gasteiger partial charge in [-0.15, -0.1) is 0 Å². The highest BCUT2D eigenvalue weighted by molar-refractivity contribution is 9.10. The van der Waals surface area contributed by atoms with Gasteiger partial charge in [-0.05, 0) is 34.1 Å². The molecule has 6 heteroatoms. The van der Waals surface area contributed by atoms with E-state index in [9.17, 15) is 4.79 Å². The van der Waals surface area contributed by atoms with E-state index >= 15 is 0 Å². The molecule has 2 aromatic rings. The molecule has 82 valence electrons. The molecule has 0 aliphatic rings. The predicted octanol–water partition coefficient (Wildman–Crippen LogP) is 2.39. The minimum atomic E-state index is -0.543. The Morgan fingerprint density at radius 1 is 1.50 bits per heavy atom. The first kappa shape index (κ1) is 11.2. The number of hydrogen-bond acceptors (Lipinski definition) is 2. The van der Waals surface area contributed by atoms with Crippen molar-refractivity contribution in [3.05, 3.63) is 45.7 Å². The van der Waals surface area contributed by atoms with Crippen LogP contribution in [0.3, 0.4) is 0 Å². The average molecular weight is 301 g/mol. The number of rotatable bonds is 2. The summed E-state index contributed by atoms with van der Waals surface area (Å²) in [7, 11) is 0. The van der Waals surface area contributed by atoms with Crippen LogP contribution < -0.4 is 5.73 Å². The number of carbonyl (C=O) groups excluding carboxylic acids is 1. The Hall–Kier alpha value is -1.33. The van der Waals surface area contributed by atoms with Gasteiger partial charge >= 0.3 is 0 Å². The van der Waals surface area contributed by atoms with Crippen LogP contribution in [0.5, 0.6) is 0 Å². The Morgan fingerprint density at radius 3 is 2.75 bits per heavy atom. The van der Waals surface area contributed by atoms with Gasteiger partial charge in [-0.2, -0.15) is 5.10 Å². The second-order valence-corrected chi connectivity index (χ2v) is 4.45. The summed E-state index contributed by atoms with van der Waals surface area (Å²) in [5.41, 5.74) is 6.22. The van der Waals surface area contributed by atoms with Crippen LogP contribution in [0, 0.1) is 0 Å². The molecule has 1 heterocycles. The van der Waals surface area contributed by atoms with Gasteiger partial charge in [0.25, 0.3) is 0 Å². The maximum atomic E-state index is 11.0. The van der Waals surface area contributed by atoms with Crippen LogP contribution in [0.4, 0.5) is 0 Å². The summed E-state index contributed by atoms with van der Waals surface area (Å²) in [4.78, 5) is 11.0. The van der Waals surface area contributed by atoms with Crippen molar-refractivity contribution in [3.63, 3.8) is 0 Å². The van der Waals surface area contributed by atoms with Gasteiger partial charge in [0.1, 0.15) is 0 Å². The third-order valence-corrected chi connectivity index (χ3v) is 2.76. The molecule has 2 N–H and O–H groups in total. The number of primary amides is 1. The van der Waals surface area contributed by atoms with Crippen molar-refractivity contribution < 1.29 is 4.79 Å². The summed E-state index contributed by atoms with van der Waals surface area (Å²) in [6.07, 6.45) is 3.45. The molecule has 0 unspecified atom stereocenters. The van der Waals surface area contributed by atoms with Crippen molar-refractivity contribution in [2.24, 2.45) is 5.73 Å². The molecule has 0 fully saturated rings. The van der Waals surface area contributed by atoms with Crippen molar-refractivity contribution in [1.82, 2.24) is 9.78 Å². The van der Waals surface area contributed by atoms with Crippen molar-refractivity contribution in [3.8, 4) is 5.69 Å². The highest BCUT2D eigenvalue weighted by Crippen LogP contribution is 2.20.